The molecule has 18 heavy (non-hydrogen) atoms. The van der Waals surface area contributed by atoms with Crippen molar-refractivity contribution < 1.29 is 0 Å². The van der Waals surface area contributed by atoms with Gasteiger partial charge in [0.1, 0.15) is 0 Å². The van der Waals surface area contributed by atoms with E-state index in [1.54, 1.807) is 6.42 Å². The first-order valence-corrected chi connectivity index (χ1v) is 7.72. The summed E-state index contributed by atoms with van der Waals surface area (Å²) >= 11 is 0. The van der Waals surface area contributed by atoms with Gasteiger partial charge in [-0.25, -0.2) is 0 Å². The van der Waals surface area contributed by atoms with Gasteiger partial charge in [0.25, 0.3) is 0 Å². The molecule has 0 heterocycles. The summed E-state index contributed by atoms with van der Waals surface area (Å²) in [5, 5.41) is 3.59. The summed E-state index contributed by atoms with van der Waals surface area (Å²) in [6.07, 6.45) is 11.9. The molecule has 0 aromatic carbocycles. The van der Waals surface area contributed by atoms with Gasteiger partial charge >= 0.3 is 0 Å². The Morgan fingerprint density at radius 3 is 2.06 bits per heavy atom. The Bertz CT molecular complexity index is 327. The van der Waals surface area contributed by atoms with Crippen LogP contribution in [0.3, 0.4) is 0 Å². The fraction of sp³-hybridized carbons (Fsp3) is 0.765. The summed E-state index contributed by atoms with van der Waals surface area (Å²) < 4.78 is 0. The van der Waals surface area contributed by atoms with Gasteiger partial charge in [0, 0.05) is 6.04 Å². The SMILES string of the molecule is C=C/C(=C\C)C(NC)C1C2CC3CC(C2)CC1C3. The molecule has 4 aliphatic carbocycles. The minimum Gasteiger partial charge on any atom is -0.313 e. The summed E-state index contributed by atoms with van der Waals surface area (Å²) in [4.78, 5) is 0. The van der Waals surface area contributed by atoms with Crippen LogP contribution in [0, 0.1) is 29.6 Å². The Morgan fingerprint density at radius 1 is 1.11 bits per heavy atom. The van der Waals surface area contributed by atoms with Crippen molar-refractivity contribution in [2.45, 2.75) is 45.1 Å². The van der Waals surface area contributed by atoms with Crippen molar-refractivity contribution in [3.05, 3.63) is 24.3 Å². The van der Waals surface area contributed by atoms with Crippen LogP contribution in [0.1, 0.15) is 39.0 Å². The van der Waals surface area contributed by atoms with Crippen LogP contribution in [-0.2, 0) is 0 Å². The molecule has 1 unspecified atom stereocenters. The first-order chi connectivity index (χ1) is 8.76. The van der Waals surface area contributed by atoms with Gasteiger partial charge in [-0.15, -0.1) is 0 Å². The Balaban J connectivity index is 1.84. The van der Waals surface area contributed by atoms with Crippen molar-refractivity contribution in [2.24, 2.45) is 29.6 Å². The molecule has 1 N–H and O–H groups in total. The molecule has 0 spiro atoms. The predicted molar refractivity (Wildman–Crippen MR) is 77.3 cm³/mol. The molecule has 1 heteroatoms. The molecule has 0 aromatic heterocycles. The Hall–Kier alpha value is -0.560. The molecule has 4 bridgehead atoms. The van der Waals surface area contributed by atoms with E-state index in [9.17, 15) is 0 Å². The average molecular weight is 245 g/mol. The zero-order chi connectivity index (χ0) is 12.7. The van der Waals surface area contributed by atoms with E-state index in [4.69, 9.17) is 0 Å². The maximum absolute atomic E-state index is 4.00. The molecule has 1 nitrogen and oxygen atoms in total. The molecular formula is C17H27N. The minimum atomic E-state index is 0.544. The summed E-state index contributed by atoms with van der Waals surface area (Å²) in [5.74, 6) is 4.97. The lowest BCUT2D eigenvalue weighted by Crippen LogP contribution is -2.52. The zero-order valence-electron chi connectivity index (χ0n) is 11.9. The largest absolute Gasteiger partial charge is 0.313 e. The van der Waals surface area contributed by atoms with Crippen LogP contribution >= 0.6 is 0 Å². The van der Waals surface area contributed by atoms with Crippen LogP contribution in [0.15, 0.2) is 24.3 Å². The number of hydrogen-bond acceptors (Lipinski definition) is 1. The highest BCUT2D eigenvalue weighted by molar-refractivity contribution is 5.25. The highest BCUT2D eigenvalue weighted by Gasteiger charge is 2.50. The van der Waals surface area contributed by atoms with Crippen molar-refractivity contribution in [3.63, 3.8) is 0 Å². The normalized spacial score (nSPS) is 44.1. The minimum absolute atomic E-state index is 0.544. The monoisotopic (exact) mass is 245 g/mol. The van der Waals surface area contributed by atoms with Gasteiger partial charge in [0.2, 0.25) is 0 Å². The van der Waals surface area contributed by atoms with Gasteiger partial charge in [-0.2, -0.15) is 0 Å². The summed E-state index contributed by atoms with van der Waals surface area (Å²) in [7, 11) is 2.13. The second kappa shape index (κ2) is 4.85. The molecular weight excluding hydrogens is 218 g/mol. The highest BCUT2D eigenvalue weighted by Crippen LogP contribution is 2.57. The third kappa shape index (κ3) is 1.87. The van der Waals surface area contributed by atoms with E-state index in [1.165, 1.54) is 31.3 Å². The van der Waals surface area contributed by atoms with E-state index in [0.29, 0.717) is 6.04 Å². The van der Waals surface area contributed by atoms with Gasteiger partial charge in [-0.3, -0.25) is 0 Å². The summed E-state index contributed by atoms with van der Waals surface area (Å²) in [6.45, 7) is 6.16. The van der Waals surface area contributed by atoms with E-state index in [-0.39, 0.29) is 0 Å². The third-order valence-electron chi connectivity index (χ3n) is 5.92. The molecule has 0 amide bonds. The average Bonchev–Trinajstić information content (AvgIpc) is 2.36. The van der Waals surface area contributed by atoms with Crippen LogP contribution in [0.4, 0.5) is 0 Å². The van der Waals surface area contributed by atoms with Gasteiger partial charge in [-0.05, 0) is 81.2 Å². The predicted octanol–water partition coefficient (Wildman–Crippen LogP) is 3.78. The molecule has 1 atom stereocenters. The summed E-state index contributed by atoms with van der Waals surface area (Å²) in [5.41, 5.74) is 1.41. The second-order valence-corrected chi connectivity index (χ2v) is 6.77. The van der Waals surface area contributed by atoms with Crippen LogP contribution in [0.2, 0.25) is 0 Å². The van der Waals surface area contributed by atoms with Gasteiger partial charge in [0.15, 0.2) is 0 Å². The Labute approximate surface area is 112 Å². The zero-order valence-corrected chi connectivity index (χ0v) is 11.9. The van der Waals surface area contributed by atoms with Crippen molar-refractivity contribution >= 4 is 0 Å². The fourth-order valence-electron chi connectivity index (χ4n) is 5.52. The van der Waals surface area contributed by atoms with Crippen molar-refractivity contribution in [1.29, 1.82) is 0 Å². The lowest BCUT2D eigenvalue weighted by atomic mass is 9.50. The van der Waals surface area contributed by atoms with E-state index >= 15 is 0 Å². The maximum atomic E-state index is 4.00. The second-order valence-electron chi connectivity index (χ2n) is 6.77. The van der Waals surface area contributed by atoms with E-state index in [0.717, 1.165) is 29.6 Å². The van der Waals surface area contributed by atoms with Crippen molar-refractivity contribution in [2.75, 3.05) is 7.05 Å². The Kier molecular flexibility index (Phi) is 3.36. The molecule has 4 fully saturated rings. The van der Waals surface area contributed by atoms with Crippen LogP contribution < -0.4 is 5.32 Å². The standard InChI is InChI=1S/C17H27N/c1-4-13(5-2)17(18-3)16-14-7-11-6-12(9-14)10-15(16)8-11/h4-5,11-12,14-18H,1,6-10H2,2-3H3/b13-5+. The summed E-state index contributed by atoms with van der Waals surface area (Å²) in [6, 6.07) is 0.544. The number of nitrogens with one attached hydrogen (secondary N) is 1. The molecule has 0 radical (unpaired) electrons. The van der Waals surface area contributed by atoms with Crippen LogP contribution in [0.5, 0.6) is 0 Å². The first-order valence-electron chi connectivity index (χ1n) is 7.72. The maximum Gasteiger partial charge on any atom is 0.0347 e. The van der Waals surface area contributed by atoms with E-state index < -0.39 is 0 Å². The topological polar surface area (TPSA) is 12.0 Å². The Morgan fingerprint density at radius 2 is 1.67 bits per heavy atom. The number of allylic oxidation sites excluding steroid dienone is 1. The van der Waals surface area contributed by atoms with Gasteiger partial charge in [0.05, 0.1) is 0 Å². The van der Waals surface area contributed by atoms with Crippen LogP contribution in [-0.4, -0.2) is 13.1 Å². The molecule has 4 aliphatic rings. The van der Waals surface area contributed by atoms with E-state index in [2.05, 4.69) is 38.0 Å². The molecule has 100 valence electrons. The van der Waals surface area contributed by atoms with Crippen molar-refractivity contribution in [1.82, 2.24) is 5.32 Å². The molecule has 4 rings (SSSR count). The number of likely N-dealkylation sites (N-methyl/N-ethyl adjacent to an activating group) is 1. The lowest BCUT2D eigenvalue weighted by molar-refractivity contribution is -0.0455. The fourth-order valence-corrected chi connectivity index (χ4v) is 5.52. The molecule has 4 saturated carbocycles. The lowest BCUT2D eigenvalue weighted by Gasteiger charge is -2.56. The van der Waals surface area contributed by atoms with Gasteiger partial charge in [-0.1, -0.05) is 18.7 Å². The van der Waals surface area contributed by atoms with E-state index in [1.807, 2.05) is 0 Å². The smallest absolute Gasteiger partial charge is 0.0347 e. The number of hydrogen-bond donors (Lipinski definition) is 1. The van der Waals surface area contributed by atoms with Gasteiger partial charge < -0.3 is 5.32 Å². The van der Waals surface area contributed by atoms with Crippen molar-refractivity contribution in [3.8, 4) is 0 Å². The molecule has 0 aliphatic heterocycles. The highest BCUT2D eigenvalue weighted by atomic mass is 14.9. The number of rotatable bonds is 4. The first kappa shape index (κ1) is 12.5. The van der Waals surface area contributed by atoms with Crippen LogP contribution in [0.25, 0.3) is 0 Å². The third-order valence-corrected chi connectivity index (χ3v) is 5.92. The molecule has 0 aromatic rings. The molecule has 0 saturated heterocycles. The quantitative estimate of drug-likeness (QED) is 0.743.